The number of guanidine groups is 1. The van der Waals surface area contributed by atoms with Crippen LogP contribution in [-0.4, -0.2) is 44.1 Å². The van der Waals surface area contributed by atoms with Crippen LogP contribution >= 0.6 is 35.6 Å². The van der Waals surface area contributed by atoms with Gasteiger partial charge < -0.3 is 20.7 Å². The molecule has 0 aliphatic carbocycles. The Morgan fingerprint density at radius 2 is 2.14 bits per heavy atom. The van der Waals surface area contributed by atoms with Crippen LogP contribution < -0.4 is 15.8 Å². The van der Waals surface area contributed by atoms with E-state index in [1.807, 2.05) is 6.07 Å². The normalized spacial score (nSPS) is 15.6. The van der Waals surface area contributed by atoms with Crippen molar-refractivity contribution in [2.45, 2.75) is 12.8 Å². The number of benzene rings is 1. The highest BCUT2D eigenvalue weighted by Crippen LogP contribution is 2.26. The lowest BCUT2D eigenvalue weighted by molar-refractivity contribution is 0.349. The maximum absolute atomic E-state index is 6.05. The molecule has 1 aromatic rings. The van der Waals surface area contributed by atoms with Crippen molar-refractivity contribution in [1.29, 1.82) is 0 Å². The van der Waals surface area contributed by atoms with Gasteiger partial charge in [-0.15, -0.1) is 24.0 Å². The standard InChI is InChI=1S/C14H21ClN4O.HI/c1-20-13-5-4-11(10-12(13)15)18-14(16)17-6-9-19-7-2-3-8-19;/h4-5,10H,2-3,6-9H2,1H3,(H3,16,17,18);1H. The minimum absolute atomic E-state index is 0. The Morgan fingerprint density at radius 1 is 1.43 bits per heavy atom. The molecule has 2 rings (SSSR count). The third-order valence-electron chi connectivity index (χ3n) is 3.32. The van der Waals surface area contributed by atoms with Crippen molar-refractivity contribution < 1.29 is 4.74 Å². The van der Waals surface area contributed by atoms with Crippen LogP contribution in [0.2, 0.25) is 5.02 Å². The Morgan fingerprint density at radius 3 is 2.76 bits per heavy atom. The van der Waals surface area contributed by atoms with Crippen LogP contribution in [0.4, 0.5) is 5.69 Å². The van der Waals surface area contributed by atoms with Crippen molar-refractivity contribution in [1.82, 2.24) is 4.90 Å². The number of ether oxygens (including phenoxy) is 1. The number of hydrogen-bond acceptors (Lipinski definition) is 3. The number of nitrogens with one attached hydrogen (secondary N) is 1. The lowest BCUT2D eigenvalue weighted by Gasteiger charge is -2.13. The first kappa shape index (κ1) is 18.3. The van der Waals surface area contributed by atoms with Crippen LogP contribution in [0.1, 0.15) is 12.8 Å². The molecule has 0 radical (unpaired) electrons. The molecule has 0 amide bonds. The minimum Gasteiger partial charge on any atom is -0.495 e. The zero-order valence-electron chi connectivity index (χ0n) is 12.1. The van der Waals surface area contributed by atoms with Crippen LogP contribution in [-0.2, 0) is 0 Å². The van der Waals surface area contributed by atoms with Crippen molar-refractivity contribution in [3.05, 3.63) is 23.2 Å². The zero-order valence-corrected chi connectivity index (χ0v) is 15.2. The van der Waals surface area contributed by atoms with Gasteiger partial charge >= 0.3 is 0 Å². The van der Waals surface area contributed by atoms with E-state index in [9.17, 15) is 0 Å². The Bertz CT molecular complexity index is 478. The van der Waals surface area contributed by atoms with Gasteiger partial charge in [-0.2, -0.15) is 0 Å². The molecule has 118 valence electrons. The van der Waals surface area contributed by atoms with E-state index >= 15 is 0 Å². The fourth-order valence-electron chi connectivity index (χ4n) is 2.25. The second-order valence-electron chi connectivity index (χ2n) is 4.79. The van der Waals surface area contributed by atoms with Crippen LogP contribution in [0.5, 0.6) is 5.75 Å². The van der Waals surface area contributed by atoms with E-state index in [4.69, 9.17) is 22.1 Å². The van der Waals surface area contributed by atoms with E-state index in [-0.39, 0.29) is 24.0 Å². The third-order valence-corrected chi connectivity index (χ3v) is 3.62. The summed E-state index contributed by atoms with van der Waals surface area (Å²) in [6.45, 7) is 4.03. The topological polar surface area (TPSA) is 62.9 Å². The molecule has 0 spiro atoms. The number of rotatable bonds is 5. The SMILES string of the molecule is COc1ccc(NC(N)=NCCN2CCCC2)cc1Cl.I. The number of likely N-dealkylation sites (tertiary alicyclic amines) is 1. The van der Waals surface area contributed by atoms with Gasteiger partial charge in [-0.05, 0) is 44.1 Å². The van der Waals surface area contributed by atoms with Gasteiger partial charge in [-0.3, -0.25) is 4.99 Å². The van der Waals surface area contributed by atoms with E-state index < -0.39 is 0 Å². The summed E-state index contributed by atoms with van der Waals surface area (Å²) in [7, 11) is 1.59. The predicted octanol–water partition coefficient (Wildman–Crippen LogP) is 2.79. The summed E-state index contributed by atoms with van der Waals surface area (Å²) in [6, 6.07) is 5.42. The van der Waals surface area contributed by atoms with Gasteiger partial charge in [-0.25, -0.2) is 0 Å². The maximum Gasteiger partial charge on any atom is 0.193 e. The summed E-state index contributed by atoms with van der Waals surface area (Å²) < 4.78 is 5.10. The highest BCUT2D eigenvalue weighted by molar-refractivity contribution is 14.0. The number of aliphatic imine (C=N–C) groups is 1. The van der Waals surface area contributed by atoms with Crippen LogP contribution in [0.25, 0.3) is 0 Å². The summed E-state index contributed by atoms with van der Waals surface area (Å²) in [5, 5.41) is 3.57. The van der Waals surface area contributed by atoms with Crippen LogP contribution in [0, 0.1) is 0 Å². The van der Waals surface area contributed by atoms with E-state index in [1.54, 1.807) is 19.2 Å². The Labute approximate surface area is 147 Å². The number of nitrogens with two attached hydrogens (primary N) is 1. The first-order valence-electron chi connectivity index (χ1n) is 6.82. The molecular formula is C14H22ClIN4O. The molecule has 5 nitrogen and oxygen atoms in total. The predicted molar refractivity (Wildman–Crippen MR) is 99.2 cm³/mol. The van der Waals surface area contributed by atoms with E-state index in [1.165, 1.54) is 25.9 Å². The fourth-order valence-corrected chi connectivity index (χ4v) is 2.51. The first-order chi connectivity index (χ1) is 9.69. The Balaban J connectivity index is 0.00000220. The smallest absolute Gasteiger partial charge is 0.193 e. The van der Waals surface area contributed by atoms with Crippen molar-refractivity contribution in [3.8, 4) is 5.75 Å². The molecule has 7 heteroatoms. The fraction of sp³-hybridized carbons (Fsp3) is 0.500. The summed E-state index contributed by atoms with van der Waals surface area (Å²) in [5.74, 6) is 1.05. The second-order valence-corrected chi connectivity index (χ2v) is 5.20. The molecule has 0 unspecified atom stereocenters. The zero-order chi connectivity index (χ0) is 14.4. The molecule has 21 heavy (non-hydrogen) atoms. The van der Waals surface area contributed by atoms with Gasteiger partial charge in [0.1, 0.15) is 5.75 Å². The quantitative estimate of drug-likeness (QED) is 0.433. The Hall–Kier alpha value is -0.730. The molecule has 1 aliphatic heterocycles. The average Bonchev–Trinajstić information content (AvgIpc) is 2.92. The van der Waals surface area contributed by atoms with Crippen LogP contribution in [0.3, 0.4) is 0 Å². The summed E-state index contributed by atoms with van der Waals surface area (Å²) in [5.41, 5.74) is 6.66. The van der Waals surface area contributed by atoms with Gasteiger partial charge in [0.2, 0.25) is 0 Å². The molecule has 1 aliphatic rings. The third kappa shape index (κ3) is 5.88. The van der Waals surface area contributed by atoms with Crippen LogP contribution in [0.15, 0.2) is 23.2 Å². The lowest BCUT2D eigenvalue weighted by atomic mass is 10.3. The van der Waals surface area contributed by atoms with E-state index in [0.29, 0.717) is 23.3 Å². The molecule has 0 atom stereocenters. The molecular weight excluding hydrogens is 403 g/mol. The lowest BCUT2D eigenvalue weighted by Crippen LogP contribution is -2.26. The molecule has 0 bridgehead atoms. The highest BCUT2D eigenvalue weighted by atomic mass is 127. The molecule has 3 N–H and O–H groups in total. The highest BCUT2D eigenvalue weighted by Gasteiger charge is 2.10. The largest absolute Gasteiger partial charge is 0.495 e. The van der Waals surface area contributed by atoms with E-state index in [0.717, 1.165) is 12.2 Å². The number of nitrogens with zero attached hydrogens (tertiary/aromatic N) is 2. The molecule has 1 aromatic carbocycles. The van der Waals surface area contributed by atoms with Gasteiger partial charge in [0, 0.05) is 12.2 Å². The second kappa shape index (κ2) is 9.32. The number of anilines is 1. The van der Waals surface area contributed by atoms with Gasteiger partial charge in [0.25, 0.3) is 0 Å². The van der Waals surface area contributed by atoms with Crippen molar-refractivity contribution >= 4 is 47.2 Å². The summed E-state index contributed by atoms with van der Waals surface area (Å²) in [4.78, 5) is 6.73. The molecule has 1 saturated heterocycles. The molecule has 1 fully saturated rings. The number of hydrogen-bond donors (Lipinski definition) is 2. The maximum atomic E-state index is 6.05. The molecule has 1 heterocycles. The van der Waals surface area contributed by atoms with Crippen molar-refractivity contribution in [3.63, 3.8) is 0 Å². The molecule has 0 aromatic heterocycles. The average molecular weight is 425 g/mol. The monoisotopic (exact) mass is 424 g/mol. The number of methoxy groups -OCH3 is 1. The number of halogens is 2. The minimum atomic E-state index is 0. The van der Waals surface area contributed by atoms with E-state index in [2.05, 4.69) is 15.2 Å². The van der Waals surface area contributed by atoms with Gasteiger partial charge in [0.15, 0.2) is 5.96 Å². The van der Waals surface area contributed by atoms with Crippen molar-refractivity contribution in [2.75, 3.05) is 38.6 Å². The van der Waals surface area contributed by atoms with Crippen molar-refractivity contribution in [2.24, 2.45) is 10.7 Å². The van der Waals surface area contributed by atoms with Gasteiger partial charge in [0.05, 0.1) is 18.7 Å². The molecule has 0 saturated carbocycles. The van der Waals surface area contributed by atoms with Gasteiger partial charge in [-0.1, -0.05) is 11.6 Å². The summed E-state index contributed by atoms with van der Waals surface area (Å²) in [6.07, 6.45) is 2.59. The first-order valence-corrected chi connectivity index (χ1v) is 7.19. The Kier molecular flexibility index (Phi) is 8.13. The summed E-state index contributed by atoms with van der Waals surface area (Å²) >= 11 is 6.05.